The standard InChI is InChI=1S/C47H73FN2O16/c1-29-15-13-11-9-7-5-3-4-6-8-10-12-14-16-34(65-46-44(60)43(49)39(58)28-63-46)25-40-42(45(61)50-20-19-48)38(57)27-47(62,66-40)26-33(53)23-37(56)35(54)18-17-31(51)22-32(52)24-41(59)64-30(2)21-36(29)55/h3-16,29-40,42-44,46,51-58,60,62H,17-28,49H2,1-2H3,(H,50,61)/b4-3+,7-5+,8-6+,11-9+,12-10+,15-13+,16-14+/t29-,30-,31+,32?,33?,34?,35?,36-,37?,38-,39+,40-,42+,43-,44-,46-,47?/m0/s1. The minimum absolute atomic E-state index is 0.108. The van der Waals surface area contributed by atoms with Gasteiger partial charge < -0.3 is 81.1 Å². The quantitative estimate of drug-likeness (QED) is 0.163. The Morgan fingerprint density at radius 3 is 1.97 bits per heavy atom. The van der Waals surface area contributed by atoms with Crippen molar-refractivity contribution < 1.29 is 84.0 Å². The molecule has 2 fully saturated rings. The number of ether oxygens (including phenoxy) is 4. The second-order valence-corrected chi connectivity index (χ2v) is 17.3. The summed E-state index contributed by atoms with van der Waals surface area (Å²) in [6.45, 7) is 1.88. The molecule has 374 valence electrons. The Kier molecular flexibility index (Phi) is 25.3. The van der Waals surface area contributed by atoms with E-state index in [4.69, 9.17) is 24.7 Å². The molecule has 6 unspecified atom stereocenters. The molecule has 2 bridgehead atoms. The molecular weight excluding hydrogens is 868 g/mol. The average Bonchev–Trinajstić information content (AvgIpc) is 3.23. The highest BCUT2D eigenvalue weighted by molar-refractivity contribution is 5.80. The monoisotopic (exact) mass is 940 g/mol. The summed E-state index contributed by atoms with van der Waals surface area (Å²) in [5, 5.41) is 110. The predicted octanol–water partition coefficient (Wildman–Crippen LogP) is 0.0783. The third kappa shape index (κ3) is 20.4. The molecule has 0 aromatic carbocycles. The van der Waals surface area contributed by atoms with Crippen LogP contribution in [0, 0.1) is 11.8 Å². The number of aliphatic hydroxyl groups excluding tert-OH is 9. The number of carbonyl (C=O) groups is 2. The number of carbonyl (C=O) groups excluding carboxylic acids is 2. The Hall–Kier alpha value is -3.51. The Morgan fingerprint density at radius 2 is 1.35 bits per heavy atom. The molecule has 1 amide bonds. The maximum absolute atomic E-state index is 13.3. The minimum atomic E-state index is -2.31. The molecule has 3 aliphatic heterocycles. The van der Waals surface area contributed by atoms with E-state index in [0.717, 1.165) is 0 Å². The molecular formula is C47H73FN2O16. The highest BCUT2D eigenvalue weighted by Gasteiger charge is 2.50. The SMILES string of the molecule is C[C@H]1C[C@H](O)[C@@H](C)/C=C/C=C/C=C/C=C/C=C/C=C/C=C/C(O[C@@H]2OC[C@@H](O)[C@H](N)[C@@H]2O)C[C@@H]2OC(O)(CC(O)CC(O)C(O)CC[C@@H](O)CC(O)CC(=O)O1)C[C@H](O)[C@H]2C(=O)NCCF. The summed E-state index contributed by atoms with van der Waals surface area (Å²) in [6.07, 6.45) is 4.86. The number of nitrogens with one attached hydrogen (secondary N) is 1. The largest absolute Gasteiger partial charge is 0.462 e. The fraction of sp³-hybridized carbons (Fsp3) is 0.660. The van der Waals surface area contributed by atoms with E-state index in [1.165, 1.54) is 6.08 Å². The first-order valence-corrected chi connectivity index (χ1v) is 22.6. The van der Waals surface area contributed by atoms with Crippen LogP contribution < -0.4 is 11.1 Å². The molecule has 13 N–H and O–H groups in total. The van der Waals surface area contributed by atoms with Crippen molar-refractivity contribution in [3.05, 3.63) is 85.1 Å². The van der Waals surface area contributed by atoms with Crippen LogP contribution in [0.1, 0.15) is 71.6 Å². The van der Waals surface area contributed by atoms with Gasteiger partial charge in [-0.25, -0.2) is 4.39 Å². The van der Waals surface area contributed by atoms with E-state index in [0.29, 0.717) is 0 Å². The minimum Gasteiger partial charge on any atom is -0.462 e. The second-order valence-electron chi connectivity index (χ2n) is 17.3. The fourth-order valence-corrected chi connectivity index (χ4v) is 7.80. The number of fused-ring (bicyclic) bond motifs is 2. The molecule has 18 nitrogen and oxygen atoms in total. The van der Waals surface area contributed by atoms with Gasteiger partial charge in [-0.3, -0.25) is 9.59 Å². The summed E-state index contributed by atoms with van der Waals surface area (Å²) >= 11 is 0. The van der Waals surface area contributed by atoms with E-state index in [9.17, 15) is 65.0 Å². The first kappa shape index (κ1) is 56.8. The zero-order valence-electron chi connectivity index (χ0n) is 37.7. The Balaban J connectivity index is 1.88. The maximum Gasteiger partial charge on any atom is 0.308 e. The summed E-state index contributed by atoms with van der Waals surface area (Å²) in [4.78, 5) is 25.8. The van der Waals surface area contributed by atoms with Gasteiger partial charge in [-0.05, 0) is 26.2 Å². The molecule has 3 aliphatic rings. The van der Waals surface area contributed by atoms with Crippen LogP contribution in [0.15, 0.2) is 85.1 Å². The van der Waals surface area contributed by atoms with Crippen LogP contribution in [0.4, 0.5) is 4.39 Å². The summed E-state index contributed by atoms with van der Waals surface area (Å²) in [5.41, 5.74) is 5.96. The van der Waals surface area contributed by atoms with Crippen molar-refractivity contribution in [3.8, 4) is 0 Å². The topological polar surface area (TPSA) is 311 Å². The Bertz CT molecular complexity index is 1660. The molecule has 0 aromatic rings. The number of amides is 1. The normalized spacial score (nSPS) is 42.7. The number of alkyl halides is 1. The number of rotatable bonds is 5. The van der Waals surface area contributed by atoms with Crippen molar-refractivity contribution in [2.45, 2.75) is 163 Å². The summed E-state index contributed by atoms with van der Waals surface area (Å²) in [6, 6.07) is -1.13. The van der Waals surface area contributed by atoms with Crippen molar-refractivity contribution in [1.82, 2.24) is 5.32 Å². The van der Waals surface area contributed by atoms with Gasteiger partial charge in [-0.1, -0.05) is 92.0 Å². The van der Waals surface area contributed by atoms with Crippen molar-refractivity contribution >= 4 is 11.9 Å². The zero-order chi connectivity index (χ0) is 48.8. The molecule has 3 heterocycles. The summed E-state index contributed by atoms with van der Waals surface area (Å²) in [5.74, 6) is -5.50. The van der Waals surface area contributed by atoms with Crippen molar-refractivity contribution in [1.29, 1.82) is 0 Å². The number of hydrogen-bond acceptors (Lipinski definition) is 17. The van der Waals surface area contributed by atoms with Gasteiger partial charge in [0.15, 0.2) is 12.1 Å². The number of esters is 1. The van der Waals surface area contributed by atoms with Gasteiger partial charge in [0.05, 0.1) is 86.0 Å². The lowest BCUT2D eigenvalue weighted by atomic mass is 9.82. The lowest BCUT2D eigenvalue weighted by molar-refractivity contribution is -0.304. The molecule has 0 saturated carbocycles. The smallest absolute Gasteiger partial charge is 0.308 e. The Morgan fingerprint density at radius 1 is 0.742 bits per heavy atom. The van der Waals surface area contributed by atoms with Crippen LogP contribution in [0.3, 0.4) is 0 Å². The average molecular weight is 941 g/mol. The number of cyclic esters (lactones) is 1. The maximum atomic E-state index is 13.3. The van der Waals surface area contributed by atoms with E-state index in [1.54, 1.807) is 79.8 Å². The summed E-state index contributed by atoms with van der Waals surface area (Å²) < 4.78 is 36.2. The predicted molar refractivity (Wildman–Crippen MR) is 239 cm³/mol. The van der Waals surface area contributed by atoms with Crippen molar-refractivity contribution in [3.63, 3.8) is 0 Å². The third-order valence-corrected chi connectivity index (χ3v) is 11.5. The number of allylic oxidation sites excluding steroid dienone is 12. The van der Waals surface area contributed by atoms with Crippen molar-refractivity contribution in [2.75, 3.05) is 19.8 Å². The zero-order valence-corrected chi connectivity index (χ0v) is 37.7. The fourth-order valence-electron chi connectivity index (χ4n) is 7.80. The molecule has 0 aliphatic carbocycles. The summed E-state index contributed by atoms with van der Waals surface area (Å²) in [7, 11) is 0. The molecule has 3 rings (SSSR count). The van der Waals surface area contributed by atoms with Gasteiger partial charge in [-0.15, -0.1) is 0 Å². The molecule has 19 heteroatoms. The van der Waals surface area contributed by atoms with Crippen LogP contribution >= 0.6 is 0 Å². The van der Waals surface area contributed by atoms with Crippen LogP contribution in [-0.4, -0.2) is 174 Å². The second kappa shape index (κ2) is 29.4. The van der Waals surface area contributed by atoms with E-state index < -0.39 is 142 Å². The van der Waals surface area contributed by atoms with Gasteiger partial charge in [0.25, 0.3) is 0 Å². The number of halogens is 1. The lowest BCUT2D eigenvalue weighted by Crippen LogP contribution is -2.59. The molecule has 0 aromatic heterocycles. The van der Waals surface area contributed by atoms with E-state index in [-0.39, 0.29) is 51.2 Å². The van der Waals surface area contributed by atoms with Gasteiger partial charge in [-0.2, -0.15) is 0 Å². The van der Waals surface area contributed by atoms with Gasteiger partial charge in [0.2, 0.25) is 5.91 Å². The first-order chi connectivity index (χ1) is 31.3. The Labute approximate surface area is 385 Å². The molecule has 2 saturated heterocycles. The van der Waals surface area contributed by atoms with E-state index >= 15 is 0 Å². The van der Waals surface area contributed by atoms with Crippen LogP contribution in [0.5, 0.6) is 0 Å². The number of aliphatic hydroxyl groups is 10. The van der Waals surface area contributed by atoms with Crippen LogP contribution in [-0.2, 0) is 28.5 Å². The highest BCUT2D eigenvalue weighted by atomic mass is 19.1. The van der Waals surface area contributed by atoms with Gasteiger partial charge in [0.1, 0.15) is 18.9 Å². The van der Waals surface area contributed by atoms with Gasteiger partial charge >= 0.3 is 5.97 Å². The highest BCUT2D eigenvalue weighted by Crippen LogP contribution is 2.38. The van der Waals surface area contributed by atoms with E-state index in [2.05, 4.69) is 5.32 Å². The third-order valence-electron chi connectivity index (χ3n) is 11.5. The molecule has 0 spiro atoms. The number of nitrogens with two attached hydrogens (primary N) is 1. The van der Waals surface area contributed by atoms with Crippen LogP contribution in [0.2, 0.25) is 0 Å². The first-order valence-electron chi connectivity index (χ1n) is 22.6. The molecule has 0 radical (unpaired) electrons. The van der Waals surface area contributed by atoms with Crippen molar-refractivity contribution in [2.24, 2.45) is 17.6 Å². The van der Waals surface area contributed by atoms with E-state index in [1.807, 2.05) is 13.0 Å². The van der Waals surface area contributed by atoms with Gasteiger partial charge in [0, 0.05) is 44.6 Å². The lowest BCUT2D eigenvalue weighted by Gasteiger charge is -2.45. The molecule has 17 atom stereocenters. The number of hydrogen-bond donors (Lipinski definition) is 12. The van der Waals surface area contributed by atoms with Crippen LogP contribution in [0.25, 0.3) is 0 Å². The molecule has 66 heavy (non-hydrogen) atoms.